The monoisotopic (exact) mass is 444 g/mol. The van der Waals surface area contributed by atoms with Gasteiger partial charge < -0.3 is 5.32 Å². The molecule has 1 aliphatic carbocycles. The number of thioether (sulfide) groups is 1. The van der Waals surface area contributed by atoms with Gasteiger partial charge in [0.05, 0.1) is 11.5 Å². The third-order valence-electron chi connectivity index (χ3n) is 5.83. The van der Waals surface area contributed by atoms with E-state index in [0.717, 1.165) is 11.3 Å². The molecule has 0 radical (unpaired) electrons. The SMILES string of the molecule is O=C(Nc1ccc(SC2CCCC2)cc1)C(c1ccccc1)N1CCS(=O)(=O)CC1. The Bertz CT molecular complexity index is 942. The van der Waals surface area contributed by atoms with Gasteiger partial charge in [-0.25, -0.2) is 8.42 Å². The molecule has 1 amide bonds. The van der Waals surface area contributed by atoms with E-state index in [1.54, 1.807) is 0 Å². The van der Waals surface area contributed by atoms with Crippen LogP contribution in [0.4, 0.5) is 5.69 Å². The highest BCUT2D eigenvalue weighted by molar-refractivity contribution is 8.00. The van der Waals surface area contributed by atoms with E-state index >= 15 is 0 Å². The van der Waals surface area contributed by atoms with E-state index in [9.17, 15) is 13.2 Å². The number of amides is 1. The first-order valence-corrected chi connectivity index (χ1v) is 13.3. The topological polar surface area (TPSA) is 66.5 Å². The van der Waals surface area contributed by atoms with Crippen LogP contribution >= 0.6 is 11.8 Å². The molecule has 1 N–H and O–H groups in total. The first kappa shape index (κ1) is 21.4. The first-order valence-electron chi connectivity index (χ1n) is 10.6. The van der Waals surface area contributed by atoms with E-state index in [1.165, 1.54) is 30.6 Å². The zero-order chi connectivity index (χ0) is 21.0. The maximum atomic E-state index is 13.2. The summed E-state index contributed by atoms with van der Waals surface area (Å²) in [6.45, 7) is 0.735. The van der Waals surface area contributed by atoms with Crippen LogP contribution in [0.25, 0.3) is 0 Å². The van der Waals surface area contributed by atoms with Crippen molar-refractivity contribution in [3.8, 4) is 0 Å². The average molecular weight is 445 g/mol. The molecule has 2 fully saturated rings. The largest absolute Gasteiger partial charge is 0.324 e. The average Bonchev–Trinajstić information content (AvgIpc) is 3.25. The Balaban J connectivity index is 1.46. The summed E-state index contributed by atoms with van der Waals surface area (Å²) in [6.07, 6.45) is 5.22. The Kier molecular flexibility index (Phi) is 6.80. The van der Waals surface area contributed by atoms with E-state index in [-0.39, 0.29) is 17.4 Å². The van der Waals surface area contributed by atoms with Gasteiger partial charge in [0.1, 0.15) is 6.04 Å². The van der Waals surface area contributed by atoms with Crippen LogP contribution in [0.15, 0.2) is 59.5 Å². The van der Waals surface area contributed by atoms with Crippen molar-refractivity contribution in [3.63, 3.8) is 0 Å². The zero-order valence-electron chi connectivity index (χ0n) is 17.0. The number of hydrogen-bond acceptors (Lipinski definition) is 5. The van der Waals surface area contributed by atoms with E-state index in [4.69, 9.17) is 0 Å². The highest BCUT2D eigenvalue weighted by Gasteiger charge is 2.32. The van der Waals surface area contributed by atoms with Gasteiger partial charge in [0.2, 0.25) is 5.91 Å². The fourth-order valence-electron chi connectivity index (χ4n) is 4.17. The number of rotatable bonds is 6. The fraction of sp³-hybridized carbons (Fsp3) is 0.435. The predicted molar refractivity (Wildman–Crippen MR) is 123 cm³/mol. The van der Waals surface area contributed by atoms with Gasteiger partial charge in [-0.2, -0.15) is 0 Å². The number of sulfone groups is 1. The molecule has 5 nitrogen and oxygen atoms in total. The lowest BCUT2D eigenvalue weighted by atomic mass is 10.0. The number of nitrogens with one attached hydrogen (secondary N) is 1. The lowest BCUT2D eigenvalue weighted by Gasteiger charge is -2.33. The summed E-state index contributed by atoms with van der Waals surface area (Å²) in [6, 6.07) is 17.1. The fourth-order valence-corrected chi connectivity index (χ4v) is 6.65. The molecule has 4 rings (SSSR count). The van der Waals surface area contributed by atoms with Crippen molar-refractivity contribution in [3.05, 3.63) is 60.2 Å². The Labute approximate surface area is 183 Å². The number of hydrogen-bond donors (Lipinski definition) is 1. The van der Waals surface area contributed by atoms with Crippen LogP contribution < -0.4 is 5.32 Å². The van der Waals surface area contributed by atoms with Crippen LogP contribution in [0.5, 0.6) is 0 Å². The molecule has 1 saturated heterocycles. The third-order valence-corrected chi connectivity index (χ3v) is 8.79. The molecule has 30 heavy (non-hydrogen) atoms. The highest BCUT2D eigenvalue weighted by Crippen LogP contribution is 2.35. The van der Waals surface area contributed by atoms with Gasteiger partial charge >= 0.3 is 0 Å². The van der Waals surface area contributed by atoms with E-state index < -0.39 is 15.9 Å². The molecule has 2 aliphatic rings. The molecule has 160 valence electrons. The third kappa shape index (κ3) is 5.45. The summed E-state index contributed by atoms with van der Waals surface area (Å²) in [5.41, 5.74) is 1.64. The molecule has 1 atom stereocenters. The van der Waals surface area contributed by atoms with Gasteiger partial charge in [-0.05, 0) is 42.7 Å². The maximum Gasteiger partial charge on any atom is 0.246 e. The number of nitrogens with zero attached hydrogens (tertiary/aromatic N) is 1. The minimum atomic E-state index is -3.01. The molecule has 2 aromatic carbocycles. The van der Waals surface area contributed by atoms with Gasteiger partial charge in [0.15, 0.2) is 9.84 Å². The van der Waals surface area contributed by atoms with E-state index in [0.29, 0.717) is 18.3 Å². The van der Waals surface area contributed by atoms with Crippen molar-refractivity contribution in [1.29, 1.82) is 0 Å². The molecule has 0 aromatic heterocycles. The second kappa shape index (κ2) is 9.54. The molecule has 1 aliphatic heterocycles. The van der Waals surface area contributed by atoms with Gasteiger partial charge in [0, 0.05) is 28.9 Å². The maximum absolute atomic E-state index is 13.2. The van der Waals surface area contributed by atoms with Crippen molar-refractivity contribution in [1.82, 2.24) is 4.90 Å². The predicted octanol–water partition coefficient (Wildman–Crippen LogP) is 4.13. The highest BCUT2D eigenvalue weighted by atomic mass is 32.2. The molecular formula is C23H28N2O3S2. The van der Waals surface area contributed by atoms with Gasteiger partial charge in [-0.3, -0.25) is 9.69 Å². The van der Waals surface area contributed by atoms with Crippen molar-refractivity contribution in [2.45, 2.75) is 41.9 Å². The van der Waals surface area contributed by atoms with Crippen molar-refractivity contribution in [2.75, 3.05) is 29.9 Å². The van der Waals surface area contributed by atoms with Crippen molar-refractivity contribution in [2.24, 2.45) is 0 Å². The summed E-state index contributed by atoms with van der Waals surface area (Å²) in [5, 5.41) is 3.75. The molecular weight excluding hydrogens is 416 g/mol. The summed E-state index contributed by atoms with van der Waals surface area (Å²) in [4.78, 5) is 16.4. The minimum Gasteiger partial charge on any atom is -0.324 e. The van der Waals surface area contributed by atoms with Crippen LogP contribution in [0.3, 0.4) is 0 Å². The second-order valence-corrected chi connectivity index (χ2v) is 11.7. The molecule has 0 spiro atoms. The van der Waals surface area contributed by atoms with Gasteiger partial charge in [-0.1, -0.05) is 43.2 Å². The smallest absolute Gasteiger partial charge is 0.246 e. The molecule has 2 aromatic rings. The summed E-state index contributed by atoms with van der Waals surface area (Å²) in [5.74, 6) is 0.0598. The van der Waals surface area contributed by atoms with Crippen LogP contribution in [-0.2, 0) is 14.6 Å². The molecule has 1 heterocycles. The Morgan fingerprint density at radius 2 is 1.60 bits per heavy atom. The number of carbonyl (C=O) groups excluding carboxylic acids is 1. The molecule has 1 unspecified atom stereocenters. The normalized spacial score (nSPS) is 20.7. The van der Waals surface area contributed by atoms with E-state index in [1.807, 2.05) is 59.1 Å². The number of anilines is 1. The lowest BCUT2D eigenvalue weighted by molar-refractivity contribution is -0.121. The molecule has 0 bridgehead atoms. The Morgan fingerprint density at radius 1 is 0.967 bits per heavy atom. The molecule has 7 heteroatoms. The quantitative estimate of drug-likeness (QED) is 0.726. The Hall–Kier alpha value is -1.83. The lowest BCUT2D eigenvalue weighted by Crippen LogP contribution is -2.46. The minimum absolute atomic E-state index is 0.0939. The number of carbonyl (C=O) groups is 1. The second-order valence-electron chi connectivity index (χ2n) is 8.04. The van der Waals surface area contributed by atoms with Crippen LogP contribution in [0, 0.1) is 0 Å². The standard InChI is InChI=1S/C23H28N2O3S2/c26-23(24-19-10-12-21(13-11-19)29-20-8-4-5-9-20)22(18-6-2-1-3-7-18)25-14-16-30(27,28)17-15-25/h1-3,6-7,10-13,20,22H,4-5,8-9,14-17H2,(H,24,26). The van der Waals surface area contributed by atoms with E-state index in [2.05, 4.69) is 17.4 Å². The van der Waals surface area contributed by atoms with Crippen LogP contribution in [0.2, 0.25) is 0 Å². The van der Waals surface area contributed by atoms with Crippen LogP contribution in [-0.4, -0.2) is 49.1 Å². The zero-order valence-corrected chi connectivity index (χ0v) is 18.6. The van der Waals surface area contributed by atoms with Gasteiger partial charge in [0.25, 0.3) is 0 Å². The first-order chi connectivity index (χ1) is 14.5. The van der Waals surface area contributed by atoms with Crippen LogP contribution in [0.1, 0.15) is 37.3 Å². The van der Waals surface area contributed by atoms with Gasteiger partial charge in [-0.15, -0.1) is 11.8 Å². The van der Waals surface area contributed by atoms with Crippen molar-refractivity contribution < 1.29 is 13.2 Å². The number of benzene rings is 2. The van der Waals surface area contributed by atoms with Crippen molar-refractivity contribution >= 4 is 33.2 Å². The summed E-state index contributed by atoms with van der Waals surface area (Å²) in [7, 11) is -3.01. The Morgan fingerprint density at radius 3 is 2.23 bits per heavy atom. The summed E-state index contributed by atoms with van der Waals surface area (Å²) < 4.78 is 23.7. The molecule has 1 saturated carbocycles. The summed E-state index contributed by atoms with van der Waals surface area (Å²) >= 11 is 1.93.